The quantitative estimate of drug-likeness (QED) is 0.445. The topological polar surface area (TPSA) is 93.7 Å². The third-order valence-corrected chi connectivity index (χ3v) is 2.65. The summed E-state index contributed by atoms with van der Waals surface area (Å²) >= 11 is 0. The maximum atomic E-state index is 11.7. The smallest absolute Gasteiger partial charge is 0.261 e. The van der Waals surface area contributed by atoms with Gasteiger partial charge >= 0.3 is 0 Å². The van der Waals surface area contributed by atoms with E-state index in [1.807, 2.05) is 13.8 Å². The number of carbonyl (C=O) groups excluding carboxylic acids is 1. The van der Waals surface area contributed by atoms with E-state index < -0.39 is 22.0 Å². The van der Waals surface area contributed by atoms with Crippen molar-refractivity contribution in [1.29, 1.82) is 0 Å². The molecule has 0 aliphatic heterocycles. The monoisotopic (exact) mass is 282 g/mol. The van der Waals surface area contributed by atoms with Gasteiger partial charge in [-0.3, -0.25) is 9.63 Å². The molecule has 1 atom stereocenters. The summed E-state index contributed by atoms with van der Waals surface area (Å²) in [7, 11) is -1.93. The van der Waals surface area contributed by atoms with E-state index in [0.29, 0.717) is 13.0 Å². The van der Waals surface area contributed by atoms with E-state index in [2.05, 4.69) is 10.2 Å². The predicted octanol–water partition coefficient (Wildman–Crippen LogP) is -0.355. The maximum absolute atomic E-state index is 11.7. The van der Waals surface area contributed by atoms with Gasteiger partial charge in [0.2, 0.25) is 10.0 Å². The molecule has 0 heterocycles. The highest BCUT2D eigenvalue weighted by atomic mass is 32.2. The first kappa shape index (κ1) is 17.3. The Kier molecular flexibility index (Phi) is 8.08. The fourth-order valence-electron chi connectivity index (χ4n) is 1.26. The number of ether oxygens (including phenoxy) is 1. The van der Waals surface area contributed by atoms with Crippen LogP contribution in [-0.4, -0.2) is 46.9 Å². The van der Waals surface area contributed by atoms with Gasteiger partial charge in [0.25, 0.3) is 5.91 Å². The van der Waals surface area contributed by atoms with E-state index in [9.17, 15) is 13.2 Å². The molecule has 1 unspecified atom stereocenters. The highest BCUT2D eigenvalue weighted by Gasteiger charge is 2.23. The third kappa shape index (κ3) is 9.34. The summed E-state index contributed by atoms with van der Waals surface area (Å²) in [6.45, 7) is 4.34. The Hall–Kier alpha value is -0.700. The van der Waals surface area contributed by atoms with Gasteiger partial charge in [-0.05, 0) is 12.3 Å². The third-order valence-electron chi connectivity index (χ3n) is 1.94. The molecule has 2 N–H and O–H groups in total. The molecule has 0 aliphatic carbocycles. The number of nitrogens with one attached hydrogen (secondary N) is 2. The Morgan fingerprint density at radius 2 is 1.89 bits per heavy atom. The molecular weight excluding hydrogens is 260 g/mol. The Labute approximate surface area is 108 Å². The summed E-state index contributed by atoms with van der Waals surface area (Å²) in [6.07, 6.45) is 1.41. The van der Waals surface area contributed by atoms with Crippen molar-refractivity contribution in [2.45, 2.75) is 26.3 Å². The summed E-state index contributed by atoms with van der Waals surface area (Å²) in [4.78, 5) is 16.6. The van der Waals surface area contributed by atoms with E-state index in [0.717, 1.165) is 6.26 Å². The minimum absolute atomic E-state index is 0.175. The Balaban J connectivity index is 4.32. The second kappa shape index (κ2) is 8.41. The fraction of sp³-hybridized carbons (Fsp3) is 0.900. The molecule has 0 spiro atoms. The molecule has 0 fully saturated rings. The van der Waals surface area contributed by atoms with Crippen LogP contribution in [0.4, 0.5) is 0 Å². The van der Waals surface area contributed by atoms with E-state index in [4.69, 9.17) is 9.57 Å². The highest BCUT2D eigenvalue weighted by Crippen LogP contribution is 2.05. The molecule has 7 nitrogen and oxygen atoms in total. The van der Waals surface area contributed by atoms with Gasteiger partial charge in [-0.1, -0.05) is 13.8 Å². The Morgan fingerprint density at radius 1 is 1.28 bits per heavy atom. The number of hydrogen-bond donors (Lipinski definition) is 2. The SMILES string of the molecule is COCCONC(=O)C(CC(C)C)NS(C)(=O)=O. The van der Waals surface area contributed by atoms with Crippen molar-refractivity contribution in [3.05, 3.63) is 0 Å². The Bertz CT molecular complexity index is 342. The number of rotatable bonds is 9. The molecule has 0 bridgehead atoms. The highest BCUT2D eigenvalue weighted by molar-refractivity contribution is 7.88. The van der Waals surface area contributed by atoms with Crippen LogP contribution in [0.15, 0.2) is 0 Å². The number of hydrogen-bond acceptors (Lipinski definition) is 5. The summed E-state index contributed by atoms with van der Waals surface area (Å²) in [6, 6.07) is -0.831. The predicted molar refractivity (Wildman–Crippen MR) is 67.2 cm³/mol. The zero-order valence-corrected chi connectivity index (χ0v) is 12.0. The van der Waals surface area contributed by atoms with Crippen LogP contribution < -0.4 is 10.2 Å². The first-order chi connectivity index (χ1) is 8.26. The van der Waals surface area contributed by atoms with Gasteiger partial charge < -0.3 is 4.74 Å². The lowest BCUT2D eigenvalue weighted by Crippen LogP contribution is -2.47. The van der Waals surface area contributed by atoms with Crippen molar-refractivity contribution in [1.82, 2.24) is 10.2 Å². The number of hydroxylamine groups is 1. The average molecular weight is 282 g/mol. The lowest BCUT2D eigenvalue weighted by Gasteiger charge is -2.18. The van der Waals surface area contributed by atoms with Crippen molar-refractivity contribution < 1.29 is 22.8 Å². The number of sulfonamides is 1. The van der Waals surface area contributed by atoms with Gasteiger partial charge in [0.05, 0.1) is 19.5 Å². The first-order valence-electron chi connectivity index (χ1n) is 5.64. The maximum Gasteiger partial charge on any atom is 0.261 e. The van der Waals surface area contributed by atoms with Crippen LogP contribution in [0.3, 0.4) is 0 Å². The second-order valence-corrected chi connectivity index (χ2v) is 6.16. The van der Waals surface area contributed by atoms with E-state index >= 15 is 0 Å². The van der Waals surface area contributed by atoms with Crippen molar-refractivity contribution in [2.24, 2.45) is 5.92 Å². The zero-order valence-electron chi connectivity index (χ0n) is 11.2. The first-order valence-corrected chi connectivity index (χ1v) is 7.53. The van der Waals surface area contributed by atoms with Gasteiger partial charge in [-0.15, -0.1) is 0 Å². The summed E-state index contributed by atoms with van der Waals surface area (Å²) < 4.78 is 29.3. The number of carbonyl (C=O) groups is 1. The molecule has 1 amide bonds. The molecule has 0 saturated heterocycles. The molecule has 0 saturated carbocycles. The average Bonchev–Trinajstić information content (AvgIpc) is 2.20. The van der Waals surface area contributed by atoms with E-state index in [-0.39, 0.29) is 12.5 Å². The molecule has 0 rings (SSSR count). The van der Waals surface area contributed by atoms with Crippen LogP contribution in [0.1, 0.15) is 20.3 Å². The van der Waals surface area contributed by atoms with Crippen LogP contribution in [0.2, 0.25) is 0 Å². The fourth-order valence-corrected chi connectivity index (χ4v) is 1.98. The number of methoxy groups -OCH3 is 1. The van der Waals surface area contributed by atoms with Crippen LogP contribution in [-0.2, 0) is 24.4 Å². The van der Waals surface area contributed by atoms with Crippen molar-refractivity contribution in [2.75, 3.05) is 26.6 Å². The van der Waals surface area contributed by atoms with Crippen LogP contribution >= 0.6 is 0 Å². The minimum atomic E-state index is -3.44. The molecule has 0 radical (unpaired) electrons. The van der Waals surface area contributed by atoms with Crippen LogP contribution in [0, 0.1) is 5.92 Å². The normalized spacial score (nSPS) is 13.6. The molecule has 108 valence electrons. The molecular formula is C10H22N2O5S. The van der Waals surface area contributed by atoms with Gasteiger partial charge in [-0.25, -0.2) is 18.6 Å². The second-order valence-electron chi connectivity index (χ2n) is 4.38. The van der Waals surface area contributed by atoms with Crippen LogP contribution in [0.25, 0.3) is 0 Å². The largest absolute Gasteiger partial charge is 0.382 e. The molecule has 0 aromatic rings. The van der Waals surface area contributed by atoms with Crippen molar-refractivity contribution in [3.63, 3.8) is 0 Å². The molecule has 0 aromatic carbocycles. The Morgan fingerprint density at radius 3 is 2.33 bits per heavy atom. The molecule has 0 aliphatic rings. The van der Waals surface area contributed by atoms with Crippen LogP contribution in [0.5, 0.6) is 0 Å². The van der Waals surface area contributed by atoms with Gasteiger partial charge in [-0.2, -0.15) is 0 Å². The lowest BCUT2D eigenvalue weighted by atomic mass is 10.0. The van der Waals surface area contributed by atoms with E-state index in [1.165, 1.54) is 7.11 Å². The van der Waals surface area contributed by atoms with Gasteiger partial charge in [0, 0.05) is 7.11 Å². The molecule has 0 aromatic heterocycles. The van der Waals surface area contributed by atoms with E-state index in [1.54, 1.807) is 0 Å². The van der Waals surface area contributed by atoms with Gasteiger partial charge in [0.1, 0.15) is 6.04 Å². The zero-order chi connectivity index (χ0) is 14.2. The standard InChI is InChI=1S/C10H22N2O5S/c1-8(2)7-9(12-18(4,14)15)10(13)11-17-6-5-16-3/h8-9,12H,5-7H2,1-4H3,(H,11,13). The van der Waals surface area contributed by atoms with Gasteiger partial charge in [0.15, 0.2) is 0 Å². The summed E-state index contributed by atoms with van der Waals surface area (Å²) in [5.74, 6) is -0.334. The lowest BCUT2D eigenvalue weighted by molar-refractivity contribution is -0.136. The minimum Gasteiger partial charge on any atom is -0.382 e. The summed E-state index contributed by atoms with van der Waals surface area (Å²) in [5, 5.41) is 0. The number of amides is 1. The molecule has 18 heavy (non-hydrogen) atoms. The van der Waals surface area contributed by atoms with Crippen molar-refractivity contribution in [3.8, 4) is 0 Å². The summed E-state index contributed by atoms with van der Waals surface area (Å²) in [5.41, 5.74) is 2.20. The van der Waals surface area contributed by atoms with Crippen molar-refractivity contribution >= 4 is 15.9 Å². The molecule has 8 heteroatoms.